The third-order valence-electron chi connectivity index (χ3n) is 4.24. The van der Waals surface area contributed by atoms with Crippen LogP contribution in [0.15, 0.2) is 29.2 Å². The molecule has 4 nitrogen and oxygen atoms in total. The first-order chi connectivity index (χ1) is 10.1. The maximum atomic E-state index is 12.8. The molecule has 0 spiro atoms. The number of benzene rings is 1. The molecule has 1 N–H and O–H groups in total. The molecule has 0 atom stereocenters. The molecule has 21 heavy (non-hydrogen) atoms. The summed E-state index contributed by atoms with van der Waals surface area (Å²) in [6.07, 6.45) is 5.83. The molecule has 116 valence electrons. The molecule has 2 saturated carbocycles. The van der Waals surface area contributed by atoms with E-state index in [9.17, 15) is 8.42 Å². The Kier molecular flexibility index (Phi) is 4.33. The number of aliphatic hydroxyl groups is 1. The second-order valence-corrected chi connectivity index (χ2v) is 8.11. The Morgan fingerprint density at radius 3 is 2.29 bits per heavy atom. The SMILES string of the molecule is O=S(=O)(c1ccc(CCCO)cc1)N(CC1CC1)C1CC1. The minimum absolute atomic E-state index is 0.164. The number of sulfonamides is 1. The zero-order valence-corrected chi connectivity index (χ0v) is 13.1. The van der Waals surface area contributed by atoms with Crippen molar-refractivity contribution in [3.05, 3.63) is 29.8 Å². The van der Waals surface area contributed by atoms with E-state index in [0.29, 0.717) is 23.8 Å². The summed E-state index contributed by atoms with van der Waals surface area (Å²) >= 11 is 0. The molecule has 0 aromatic heterocycles. The summed E-state index contributed by atoms with van der Waals surface area (Å²) in [7, 11) is -3.35. The van der Waals surface area contributed by atoms with Crippen LogP contribution in [0.25, 0.3) is 0 Å². The van der Waals surface area contributed by atoms with Crippen molar-refractivity contribution in [1.29, 1.82) is 0 Å². The Morgan fingerprint density at radius 1 is 1.10 bits per heavy atom. The highest BCUT2D eigenvalue weighted by Crippen LogP contribution is 2.38. The van der Waals surface area contributed by atoms with Gasteiger partial charge in [-0.2, -0.15) is 4.31 Å². The van der Waals surface area contributed by atoms with Crippen LogP contribution >= 0.6 is 0 Å². The molecule has 2 aliphatic rings. The smallest absolute Gasteiger partial charge is 0.243 e. The van der Waals surface area contributed by atoms with Crippen molar-refractivity contribution in [2.75, 3.05) is 13.2 Å². The topological polar surface area (TPSA) is 57.6 Å². The molecule has 1 aromatic rings. The molecule has 2 fully saturated rings. The number of aryl methyl sites for hydroxylation is 1. The lowest BCUT2D eigenvalue weighted by Crippen LogP contribution is -2.34. The van der Waals surface area contributed by atoms with Gasteiger partial charge in [-0.05, 0) is 62.1 Å². The summed E-state index contributed by atoms with van der Waals surface area (Å²) < 4.78 is 27.3. The molecule has 0 bridgehead atoms. The highest BCUT2D eigenvalue weighted by molar-refractivity contribution is 7.89. The van der Waals surface area contributed by atoms with Crippen molar-refractivity contribution >= 4 is 10.0 Å². The minimum Gasteiger partial charge on any atom is -0.396 e. The molecule has 0 unspecified atom stereocenters. The molecule has 0 amide bonds. The van der Waals surface area contributed by atoms with Gasteiger partial charge in [-0.15, -0.1) is 0 Å². The maximum absolute atomic E-state index is 12.8. The second kappa shape index (κ2) is 6.07. The van der Waals surface area contributed by atoms with Gasteiger partial charge in [-0.1, -0.05) is 12.1 Å². The van der Waals surface area contributed by atoms with Crippen LogP contribution in [0.3, 0.4) is 0 Å². The molecular weight excluding hydrogens is 286 g/mol. The van der Waals surface area contributed by atoms with E-state index in [1.165, 1.54) is 12.8 Å². The van der Waals surface area contributed by atoms with E-state index in [1.54, 1.807) is 16.4 Å². The van der Waals surface area contributed by atoms with Crippen LogP contribution in [-0.2, 0) is 16.4 Å². The normalized spacial score (nSPS) is 19.1. The lowest BCUT2D eigenvalue weighted by Gasteiger charge is -2.22. The van der Waals surface area contributed by atoms with Gasteiger partial charge >= 0.3 is 0 Å². The summed E-state index contributed by atoms with van der Waals surface area (Å²) in [5, 5.41) is 8.84. The Hall–Kier alpha value is -0.910. The lowest BCUT2D eigenvalue weighted by atomic mass is 10.1. The summed E-state index contributed by atoms with van der Waals surface area (Å²) in [4.78, 5) is 0.405. The van der Waals surface area contributed by atoms with Crippen molar-refractivity contribution in [1.82, 2.24) is 4.31 Å². The number of aliphatic hydroxyl groups excluding tert-OH is 1. The molecule has 2 aliphatic carbocycles. The third-order valence-corrected chi connectivity index (χ3v) is 6.18. The predicted molar refractivity (Wildman–Crippen MR) is 81.5 cm³/mol. The van der Waals surface area contributed by atoms with Gasteiger partial charge in [0.25, 0.3) is 0 Å². The summed E-state index contributed by atoms with van der Waals surface area (Å²) in [6.45, 7) is 0.857. The molecule has 0 aliphatic heterocycles. The Morgan fingerprint density at radius 2 is 1.76 bits per heavy atom. The highest BCUT2D eigenvalue weighted by Gasteiger charge is 2.40. The second-order valence-electron chi connectivity index (χ2n) is 6.22. The summed E-state index contributed by atoms with van der Waals surface area (Å²) in [5.74, 6) is 0.573. The van der Waals surface area contributed by atoms with Crippen molar-refractivity contribution in [2.24, 2.45) is 5.92 Å². The number of hydrogen-bond acceptors (Lipinski definition) is 3. The van der Waals surface area contributed by atoms with Gasteiger partial charge in [-0.25, -0.2) is 8.42 Å². The van der Waals surface area contributed by atoms with Gasteiger partial charge in [0.15, 0.2) is 0 Å². The van der Waals surface area contributed by atoms with E-state index < -0.39 is 10.0 Å². The van der Waals surface area contributed by atoms with E-state index in [0.717, 1.165) is 24.8 Å². The fourth-order valence-corrected chi connectivity index (χ4v) is 4.37. The monoisotopic (exact) mass is 309 g/mol. The summed E-state index contributed by atoms with van der Waals surface area (Å²) in [6, 6.07) is 7.38. The maximum Gasteiger partial charge on any atom is 0.243 e. The zero-order valence-electron chi connectivity index (χ0n) is 12.2. The first-order valence-corrected chi connectivity index (χ1v) is 9.27. The van der Waals surface area contributed by atoms with Crippen LogP contribution in [0, 0.1) is 5.92 Å². The lowest BCUT2D eigenvalue weighted by molar-refractivity contribution is 0.288. The van der Waals surface area contributed by atoms with Crippen LogP contribution in [0.4, 0.5) is 0 Å². The molecule has 3 rings (SSSR count). The van der Waals surface area contributed by atoms with Crippen LogP contribution in [0.5, 0.6) is 0 Å². The Balaban J connectivity index is 1.75. The van der Waals surface area contributed by atoms with Gasteiger partial charge in [0.2, 0.25) is 10.0 Å². The van der Waals surface area contributed by atoms with Crippen molar-refractivity contribution in [3.8, 4) is 0 Å². The highest BCUT2D eigenvalue weighted by atomic mass is 32.2. The number of rotatable bonds is 8. The number of nitrogens with zero attached hydrogens (tertiary/aromatic N) is 1. The van der Waals surface area contributed by atoms with E-state index in [1.807, 2.05) is 12.1 Å². The van der Waals surface area contributed by atoms with Gasteiger partial charge in [0, 0.05) is 19.2 Å². The molecule has 1 aromatic carbocycles. The first kappa shape index (κ1) is 15.0. The van der Waals surface area contributed by atoms with Crippen LogP contribution in [-0.4, -0.2) is 37.0 Å². The van der Waals surface area contributed by atoms with Gasteiger partial charge in [-0.3, -0.25) is 0 Å². The molecule has 5 heteroatoms. The van der Waals surface area contributed by atoms with Crippen molar-refractivity contribution in [3.63, 3.8) is 0 Å². The average Bonchev–Trinajstić information content (AvgIpc) is 3.36. The van der Waals surface area contributed by atoms with E-state index in [2.05, 4.69) is 0 Å². The van der Waals surface area contributed by atoms with E-state index in [4.69, 9.17) is 5.11 Å². The third kappa shape index (κ3) is 3.65. The standard InChI is InChI=1S/C16H23NO3S/c18-11-1-2-13-5-9-16(10-6-13)21(19,20)17(15-7-8-15)12-14-3-4-14/h5-6,9-10,14-15,18H,1-4,7-8,11-12H2. The van der Waals surface area contributed by atoms with Crippen LogP contribution in [0.2, 0.25) is 0 Å². The van der Waals surface area contributed by atoms with Gasteiger partial charge < -0.3 is 5.11 Å². The van der Waals surface area contributed by atoms with Crippen molar-refractivity contribution in [2.45, 2.75) is 49.5 Å². The van der Waals surface area contributed by atoms with Gasteiger partial charge in [0.05, 0.1) is 4.90 Å². The molecular formula is C16H23NO3S. The fourth-order valence-electron chi connectivity index (χ4n) is 2.61. The fraction of sp³-hybridized carbons (Fsp3) is 0.625. The molecule has 0 radical (unpaired) electrons. The van der Waals surface area contributed by atoms with Crippen molar-refractivity contribution < 1.29 is 13.5 Å². The molecule has 0 saturated heterocycles. The number of hydrogen-bond donors (Lipinski definition) is 1. The Labute approximate surface area is 126 Å². The minimum atomic E-state index is -3.35. The van der Waals surface area contributed by atoms with Gasteiger partial charge in [0.1, 0.15) is 0 Å². The average molecular weight is 309 g/mol. The van der Waals surface area contributed by atoms with E-state index in [-0.39, 0.29) is 12.6 Å². The van der Waals surface area contributed by atoms with Crippen LogP contribution < -0.4 is 0 Å². The quantitative estimate of drug-likeness (QED) is 0.801. The predicted octanol–water partition coefficient (Wildman–Crippen LogP) is 2.17. The zero-order chi connectivity index (χ0) is 14.9. The first-order valence-electron chi connectivity index (χ1n) is 7.83. The molecule has 0 heterocycles. The largest absolute Gasteiger partial charge is 0.396 e. The van der Waals surface area contributed by atoms with Crippen LogP contribution in [0.1, 0.15) is 37.7 Å². The Bertz CT molecular complexity index is 574. The summed E-state index contributed by atoms with van der Waals surface area (Å²) in [5.41, 5.74) is 1.07. The van der Waals surface area contributed by atoms with E-state index >= 15 is 0 Å².